The maximum atomic E-state index is 12.9. The summed E-state index contributed by atoms with van der Waals surface area (Å²) >= 11 is 0. The second kappa shape index (κ2) is 8.66. The van der Waals surface area contributed by atoms with Crippen LogP contribution in [0.5, 0.6) is 11.5 Å². The quantitative estimate of drug-likeness (QED) is 0.459. The number of hydrogen-bond donors (Lipinski definition) is 4. The van der Waals surface area contributed by atoms with Crippen molar-refractivity contribution in [1.29, 1.82) is 0 Å². The Labute approximate surface area is 176 Å². The molecule has 1 saturated heterocycles. The summed E-state index contributed by atoms with van der Waals surface area (Å²) in [4.78, 5) is 12.9. The third-order valence-corrected chi connectivity index (χ3v) is 5.25. The van der Waals surface area contributed by atoms with Gasteiger partial charge in [-0.05, 0) is 29.8 Å². The van der Waals surface area contributed by atoms with Crippen LogP contribution in [-0.4, -0.2) is 64.8 Å². The van der Waals surface area contributed by atoms with Gasteiger partial charge in [0.25, 0.3) is 0 Å². The molecule has 0 spiro atoms. The smallest absolute Gasteiger partial charge is 0.229 e. The van der Waals surface area contributed by atoms with Crippen molar-refractivity contribution >= 4 is 11.0 Å². The van der Waals surface area contributed by atoms with Crippen LogP contribution in [0.3, 0.4) is 0 Å². The zero-order chi connectivity index (χ0) is 22.1. The molecule has 5 atom stereocenters. The predicted octanol–water partition coefficient (Wildman–Crippen LogP) is 0.647. The molecule has 2 aromatic carbocycles. The first kappa shape index (κ1) is 21.3. The van der Waals surface area contributed by atoms with Gasteiger partial charge in [-0.25, -0.2) is 0 Å². The second-order valence-electron chi connectivity index (χ2n) is 7.18. The number of rotatable bonds is 5. The number of fused-ring (bicyclic) bond motifs is 1. The molecular formula is C22H22O9. The van der Waals surface area contributed by atoms with Crippen LogP contribution in [0.4, 0.5) is 0 Å². The molecular weight excluding hydrogens is 408 g/mol. The molecule has 31 heavy (non-hydrogen) atoms. The van der Waals surface area contributed by atoms with E-state index in [-0.39, 0.29) is 16.8 Å². The van der Waals surface area contributed by atoms with E-state index in [4.69, 9.17) is 18.6 Å². The summed E-state index contributed by atoms with van der Waals surface area (Å²) in [5, 5.41) is 39.5. The number of hydrogen-bond acceptors (Lipinski definition) is 9. The fourth-order valence-corrected chi connectivity index (χ4v) is 3.45. The highest BCUT2D eigenvalue weighted by Crippen LogP contribution is 2.28. The minimum Gasteiger partial charge on any atom is -0.497 e. The van der Waals surface area contributed by atoms with E-state index in [9.17, 15) is 25.2 Å². The van der Waals surface area contributed by atoms with Gasteiger partial charge in [0.2, 0.25) is 6.29 Å². The molecule has 9 heteroatoms. The van der Waals surface area contributed by atoms with E-state index in [2.05, 4.69) is 0 Å². The number of methoxy groups -OCH3 is 1. The van der Waals surface area contributed by atoms with Crippen LogP contribution in [-0.2, 0) is 4.74 Å². The molecule has 0 amide bonds. The molecule has 0 radical (unpaired) electrons. The topological polar surface area (TPSA) is 139 Å². The highest BCUT2D eigenvalue weighted by Gasteiger charge is 2.44. The van der Waals surface area contributed by atoms with Gasteiger partial charge < -0.3 is 39.1 Å². The largest absolute Gasteiger partial charge is 0.497 e. The minimum atomic E-state index is -1.55. The van der Waals surface area contributed by atoms with E-state index in [1.54, 1.807) is 31.4 Å². The Kier molecular flexibility index (Phi) is 5.94. The normalized spacial score (nSPS) is 26.0. The molecule has 0 saturated carbocycles. The third kappa shape index (κ3) is 4.01. The summed E-state index contributed by atoms with van der Waals surface area (Å²) in [6.45, 7) is -0.564. The van der Waals surface area contributed by atoms with Crippen LogP contribution < -0.4 is 14.9 Å². The molecule has 164 valence electrons. The lowest BCUT2D eigenvalue weighted by Gasteiger charge is -2.39. The fourth-order valence-electron chi connectivity index (χ4n) is 3.45. The van der Waals surface area contributed by atoms with Gasteiger partial charge in [-0.15, -0.1) is 0 Å². The first-order chi connectivity index (χ1) is 14.9. The zero-order valence-electron chi connectivity index (χ0n) is 16.5. The molecule has 9 nitrogen and oxygen atoms in total. The molecule has 0 bridgehead atoms. The van der Waals surface area contributed by atoms with Gasteiger partial charge in [0.05, 0.1) is 24.7 Å². The average Bonchev–Trinajstić information content (AvgIpc) is 2.80. The van der Waals surface area contributed by atoms with Gasteiger partial charge in [-0.3, -0.25) is 4.79 Å². The predicted molar refractivity (Wildman–Crippen MR) is 109 cm³/mol. The van der Waals surface area contributed by atoms with Crippen molar-refractivity contribution in [1.82, 2.24) is 0 Å². The van der Waals surface area contributed by atoms with E-state index in [0.717, 1.165) is 0 Å². The molecule has 3 aromatic rings. The molecule has 1 fully saturated rings. The Balaban J connectivity index is 1.61. The molecule has 0 aliphatic carbocycles. The van der Waals surface area contributed by atoms with Crippen molar-refractivity contribution < 1.29 is 39.1 Å². The van der Waals surface area contributed by atoms with Gasteiger partial charge in [0, 0.05) is 6.07 Å². The van der Waals surface area contributed by atoms with Gasteiger partial charge in [-0.1, -0.05) is 12.1 Å². The second-order valence-corrected chi connectivity index (χ2v) is 7.18. The Morgan fingerprint density at radius 1 is 0.968 bits per heavy atom. The molecule has 1 aliphatic rings. The van der Waals surface area contributed by atoms with Crippen LogP contribution in [0.15, 0.2) is 57.9 Å². The summed E-state index contributed by atoms with van der Waals surface area (Å²) in [7, 11) is 1.56. The molecule has 1 aliphatic heterocycles. The number of aliphatic hydroxyl groups excluding tert-OH is 4. The Hall–Kier alpha value is -2.95. The van der Waals surface area contributed by atoms with Gasteiger partial charge in [0.15, 0.2) is 5.43 Å². The SMILES string of the molecule is COc1ccc(-c2coc3cc(O[C@@H]4O[C@H](CO)[C@H](O)[C@H](O)[C@H]4O)ccc3c2=O)cc1. The van der Waals surface area contributed by atoms with E-state index >= 15 is 0 Å². The van der Waals surface area contributed by atoms with Gasteiger partial charge in [0.1, 0.15) is 47.8 Å². The van der Waals surface area contributed by atoms with E-state index in [1.807, 2.05) is 0 Å². The minimum absolute atomic E-state index is 0.206. The number of ether oxygens (including phenoxy) is 3. The summed E-state index contributed by atoms with van der Waals surface area (Å²) in [6.07, 6.45) is -5.65. The molecule has 1 aromatic heterocycles. The van der Waals surface area contributed by atoms with Crippen molar-refractivity contribution in [2.24, 2.45) is 0 Å². The van der Waals surface area contributed by atoms with Crippen LogP contribution in [0.25, 0.3) is 22.1 Å². The standard InChI is InChI=1S/C22H22O9/c1-28-12-4-2-11(3-5-12)15-10-29-16-8-13(6-7-14(16)18(15)24)30-22-21(27)20(26)19(25)17(9-23)31-22/h2-8,10,17,19-23,25-27H,9H2,1H3/t17-,19+,20+,21-,22-/m1/s1. The lowest BCUT2D eigenvalue weighted by molar-refractivity contribution is -0.277. The maximum Gasteiger partial charge on any atom is 0.229 e. The summed E-state index contributed by atoms with van der Waals surface area (Å²) in [5.41, 5.74) is 1.09. The summed E-state index contributed by atoms with van der Waals surface area (Å²) < 4.78 is 21.7. The third-order valence-electron chi connectivity index (χ3n) is 5.25. The summed E-state index contributed by atoms with van der Waals surface area (Å²) in [5.74, 6) is 0.876. The highest BCUT2D eigenvalue weighted by atomic mass is 16.7. The van der Waals surface area contributed by atoms with Crippen molar-refractivity contribution in [3.05, 3.63) is 59.0 Å². The van der Waals surface area contributed by atoms with Crippen molar-refractivity contribution in [3.8, 4) is 22.6 Å². The molecule has 0 unspecified atom stereocenters. The highest BCUT2D eigenvalue weighted by molar-refractivity contribution is 5.82. The molecule has 4 N–H and O–H groups in total. The number of benzene rings is 2. The first-order valence-corrected chi connectivity index (χ1v) is 9.60. The number of aliphatic hydroxyl groups is 4. The zero-order valence-corrected chi connectivity index (χ0v) is 16.5. The maximum absolute atomic E-state index is 12.9. The lowest BCUT2D eigenvalue weighted by atomic mass is 9.99. The fraction of sp³-hybridized carbons (Fsp3) is 0.318. The lowest BCUT2D eigenvalue weighted by Crippen LogP contribution is -2.60. The summed E-state index contributed by atoms with van der Waals surface area (Å²) in [6, 6.07) is 11.5. The molecule has 4 rings (SSSR count). The van der Waals surface area contributed by atoms with E-state index in [1.165, 1.54) is 24.5 Å². The first-order valence-electron chi connectivity index (χ1n) is 9.60. The van der Waals surface area contributed by atoms with Crippen LogP contribution >= 0.6 is 0 Å². The van der Waals surface area contributed by atoms with Crippen LogP contribution in [0, 0.1) is 0 Å². The van der Waals surface area contributed by atoms with Crippen molar-refractivity contribution in [3.63, 3.8) is 0 Å². The van der Waals surface area contributed by atoms with Crippen LogP contribution in [0.2, 0.25) is 0 Å². The average molecular weight is 430 g/mol. The van der Waals surface area contributed by atoms with E-state index < -0.39 is 37.3 Å². The van der Waals surface area contributed by atoms with Crippen molar-refractivity contribution in [2.45, 2.75) is 30.7 Å². The molecule has 2 heterocycles. The van der Waals surface area contributed by atoms with E-state index in [0.29, 0.717) is 22.3 Å². The monoisotopic (exact) mass is 430 g/mol. The Morgan fingerprint density at radius 2 is 1.68 bits per heavy atom. The Bertz CT molecular complexity index is 1110. The van der Waals surface area contributed by atoms with Gasteiger partial charge >= 0.3 is 0 Å². The Morgan fingerprint density at radius 3 is 2.35 bits per heavy atom. The van der Waals surface area contributed by atoms with Gasteiger partial charge in [-0.2, -0.15) is 0 Å². The van der Waals surface area contributed by atoms with Crippen molar-refractivity contribution in [2.75, 3.05) is 13.7 Å². The van der Waals surface area contributed by atoms with Crippen LogP contribution in [0.1, 0.15) is 0 Å².